The summed E-state index contributed by atoms with van der Waals surface area (Å²) >= 11 is 0. The first kappa shape index (κ1) is 20.5. The molecule has 0 saturated heterocycles. The van der Waals surface area contributed by atoms with Gasteiger partial charge in [0, 0.05) is 37.6 Å². The van der Waals surface area contributed by atoms with Crippen LogP contribution >= 0.6 is 0 Å². The van der Waals surface area contributed by atoms with Gasteiger partial charge in [0.05, 0.1) is 4.90 Å². The number of aryl methyl sites for hydroxylation is 1. The molecule has 152 valence electrons. The van der Waals surface area contributed by atoms with Crippen molar-refractivity contribution < 1.29 is 17.2 Å². The molecule has 29 heavy (non-hydrogen) atoms. The molecule has 2 aromatic carbocycles. The molecule has 10 heteroatoms. The van der Waals surface area contributed by atoms with Crippen molar-refractivity contribution in [3.8, 4) is 0 Å². The van der Waals surface area contributed by atoms with Crippen molar-refractivity contribution in [1.29, 1.82) is 0 Å². The average Bonchev–Trinajstić information content (AvgIpc) is 2.62. The van der Waals surface area contributed by atoms with Crippen molar-refractivity contribution in [1.82, 2.24) is 9.97 Å². The molecule has 0 amide bonds. The van der Waals surface area contributed by atoms with Gasteiger partial charge < -0.3 is 10.2 Å². The van der Waals surface area contributed by atoms with Crippen LogP contribution in [0.4, 0.5) is 31.8 Å². The van der Waals surface area contributed by atoms with Crippen molar-refractivity contribution in [2.24, 2.45) is 0 Å². The minimum absolute atomic E-state index is 0.244. The predicted molar refractivity (Wildman–Crippen MR) is 108 cm³/mol. The number of rotatable bonds is 6. The zero-order chi connectivity index (χ0) is 21.2. The number of hydrogen-bond donors (Lipinski definition) is 2. The van der Waals surface area contributed by atoms with Crippen molar-refractivity contribution in [2.45, 2.75) is 11.8 Å². The Morgan fingerprint density at radius 3 is 2.07 bits per heavy atom. The maximum atomic E-state index is 13.3. The van der Waals surface area contributed by atoms with Crippen LogP contribution in [0, 0.1) is 18.6 Å². The number of benzene rings is 2. The van der Waals surface area contributed by atoms with E-state index in [1.54, 1.807) is 25.1 Å². The first-order chi connectivity index (χ1) is 13.6. The van der Waals surface area contributed by atoms with Gasteiger partial charge in [-0.1, -0.05) is 0 Å². The molecule has 0 spiro atoms. The molecule has 0 fully saturated rings. The summed E-state index contributed by atoms with van der Waals surface area (Å²) < 4.78 is 53.6. The lowest BCUT2D eigenvalue weighted by Gasteiger charge is -2.14. The molecule has 0 aliphatic carbocycles. The van der Waals surface area contributed by atoms with Crippen LogP contribution in [0.5, 0.6) is 0 Å². The number of nitrogens with zero attached hydrogens (tertiary/aromatic N) is 3. The van der Waals surface area contributed by atoms with Crippen LogP contribution in [-0.2, 0) is 10.0 Å². The van der Waals surface area contributed by atoms with Gasteiger partial charge in [0.15, 0.2) is 0 Å². The Kier molecular flexibility index (Phi) is 5.64. The highest BCUT2D eigenvalue weighted by atomic mass is 32.2. The Labute approximate surface area is 167 Å². The normalized spacial score (nSPS) is 11.2. The molecule has 3 aromatic rings. The SMILES string of the molecule is Cc1nc(Nc2ccc(NS(=O)(=O)c3cc(F)cc(F)c3)cc2)cc(N(C)C)n1. The second-order valence-corrected chi connectivity index (χ2v) is 8.15. The van der Waals surface area contributed by atoms with Gasteiger partial charge in [0.2, 0.25) is 0 Å². The molecular formula is C19H19F2N5O2S. The van der Waals surface area contributed by atoms with Gasteiger partial charge in [-0.2, -0.15) is 0 Å². The van der Waals surface area contributed by atoms with E-state index >= 15 is 0 Å². The van der Waals surface area contributed by atoms with E-state index in [1.807, 2.05) is 19.0 Å². The fraction of sp³-hybridized carbons (Fsp3) is 0.158. The smallest absolute Gasteiger partial charge is 0.262 e. The Balaban J connectivity index is 1.77. The van der Waals surface area contributed by atoms with Gasteiger partial charge >= 0.3 is 0 Å². The van der Waals surface area contributed by atoms with E-state index < -0.39 is 26.6 Å². The molecule has 1 aromatic heterocycles. The highest BCUT2D eigenvalue weighted by Crippen LogP contribution is 2.22. The molecule has 7 nitrogen and oxygen atoms in total. The minimum atomic E-state index is -4.13. The van der Waals surface area contributed by atoms with Crippen molar-refractivity contribution in [3.63, 3.8) is 0 Å². The third kappa shape index (κ3) is 5.17. The summed E-state index contributed by atoms with van der Waals surface area (Å²) in [5.74, 6) is -0.00815. The number of halogens is 2. The summed E-state index contributed by atoms with van der Waals surface area (Å²) in [5, 5.41) is 3.12. The topological polar surface area (TPSA) is 87.2 Å². The maximum Gasteiger partial charge on any atom is 0.262 e. The molecule has 2 N–H and O–H groups in total. The summed E-state index contributed by atoms with van der Waals surface area (Å²) in [6.45, 7) is 1.78. The first-order valence-corrected chi connectivity index (χ1v) is 10.00. The molecule has 0 bridgehead atoms. The van der Waals surface area contributed by atoms with E-state index in [-0.39, 0.29) is 5.69 Å². The lowest BCUT2D eigenvalue weighted by molar-refractivity contribution is 0.568. The quantitative estimate of drug-likeness (QED) is 0.634. The van der Waals surface area contributed by atoms with Gasteiger partial charge in [0.1, 0.15) is 29.1 Å². The number of anilines is 4. The molecule has 0 radical (unpaired) electrons. The van der Waals surface area contributed by atoms with Gasteiger partial charge in [0.25, 0.3) is 10.0 Å². The highest BCUT2D eigenvalue weighted by Gasteiger charge is 2.16. The number of nitrogens with one attached hydrogen (secondary N) is 2. The van der Waals surface area contributed by atoms with Crippen LogP contribution in [0.15, 0.2) is 53.4 Å². The summed E-state index contributed by atoms with van der Waals surface area (Å²) in [6.07, 6.45) is 0. The van der Waals surface area contributed by atoms with Gasteiger partial charge in [-0.15, -0.1) is 0 Å². The third-order valence-corrected chi connectivity index (χ3v) is 5.20. The second-order valence-electron chi connectivity index (χ2n) is 6.47. The Hall–Kier alpha value is -3.27. The van der Waals surface area contributed by atoms with Gasteiger partial charge in [-0.05, 0) is 43.3 Å². The molecule has 0 unspecified atom stereocenters. The summed E-state index contributed by atoms with van der Waals surface area (Å²) in [4.78, 5) is 9.99. The molecular weight excluding hydrogens is 400 g/mol. The summed E-state index contributed by atoms with van der Waals surface area (Å²) in [5.41, 5.74) is 0.917. The molecule has 0 aliphatic rings. The fourth-order valence-corrected chi connectivity index (χ4v) is 3.61. The van der Waals surface area contributed by atoms with Gasteiger partial charge in [-0.3, -0.25) is 4.72 Å². The van der Waals surface area contributed by atoms with Crippen LogP contribution in [-0.4, -0.2) is 32.5 Å². The molecule has 0 aliphatic heterocycles. The molecule has 3 rings (SSSR count). The number of aromatic nitrogens is 2. The van der Waals surface area contributed by atoms with Crippen LogP contribution in [0.3, 0.4) is 0 Å². The average molecular weight is 419 g/mol. The summed E-state index contributed by atoms with van der Waals surface area (Å²) in [7, 11) is -0.383. The zero-order valence-electron chi connectivity index (χ0n) is 15.9. The van der Waals surface area contributed by atoms with Crippen LogP contribution in [0.1, 0.15) is 5.82 Å². The monoisotopic (exact) mass is 419 g/mol. The molecule has 1 heterocycles. The van der Waals surface area contributed by atoms with E-state index in [1.165, 1.54) is 12.1 Å². The van der Waals surface area contributed by atoms with Crippen LogP contribution in [0.25, 0.3) is 0 Å². The minimum Gasteiger partial charge on any atom is -0.363 e. The maximum absolute atomic E-state index is 13.3. The molecule has 0 saturated carbocycles. The lowest BCUT2D eigenvalue weighted by Crippen LogP contribution is -2.13. The fourth-order valence-electron chi connectivity index (χ4n) is 2.51. The largest absolute Gasteiger partial charge is 0.363 e. The Bertz CT molecular complexity index is 1120. The van der Waals surface area contributed by atoms with E-state index in [0.717, 1.165) is 18.0 Å². The van der Waals surface area contributed by atoms with Crippen LogP contribution in [0.2, 0.25) is 0 Å². The number of hydrogen-bond acceptors (Lipinski definition) is 6. The first-order valence-electron chi connectivity index (χ1n) is 8.51. The summed E-state index contributed by atoms with van der Waals surface area (Å²) in [6, 6.07) is 10.2. The van der Waals surface area contributed by atoms with E-state index in [0.29, 0.717) is 23.4 Å². The Morgan fingerprint density at radius 2 is 1.48 bits per heavy atom. The highest BCUT2D eigenvalue weighted by molar-refractivity contribution is 7.92. The Morgan fingerprint density at radius 1 is 0.897 bits per heavy atom. The van der Waals surface area contributed by atoms with Gasteiger partial charge in [-0.25, -0.2) is 27.2 Å². The third-order valence-electron chi connectivity index (χ3n) is 3.84. The number of sulfonamides is 1. The standard InChI is InChI=1S/C19H19F2N5O2S/c1-12-22-18(11-19(23-12)26(2)3)24-15-4-6-16(7-5-15)25-29(27,28)17-9-13(20)8-14(21)10-17/h4-11,25H,1-3H3,(H,22,23,24). The lowest BCUT2D eigenvalue weighted by atomic mass is 10.3. The van der Waals surface area contributed by atoms with Crippen molar-refractivity contribution in [3.05, 3.63) is 66.0 Å². The predicted octanol–water partition coefficient (Wildman–Crippen LogP) is 3.67. The van der Waals surface area contributed by atoms with Crippen LogP contribution < -0.4 is 14.9 Å². The van der Waals surface area contributed by atoms with E-state index in [2.05, 4.69) is 20.0 Å². The van der Waals surface area contributed by atoms with Crippen molar-refractivity contribution in [2.75, 3.05) is 29.0 Å². The van der Waals surface area contributed by atoms with Crippen molar-refractivity contribution >= 4 is 33.0 Å². The van der Waals surface area contributed by atoms with E-state index in [9.17, 15) is 17.2 Å². The second kappa shape index (κ2) is 8.00. The van der Waals surface area contributed by atoms with E-state index in [4.69, 9.17) is 0 Å². The zero-order valence-corrected chi connectivity index (χ0v) is 16.8. The molecule has 0 atom stereocenters.